The van der Waals surface area contributed by atoms with Gasteiger partial charge >= 0.3 is 0 Å². The fourth-order valence-corrected chi connectivity index (χ4v) is 1.96. The van der Waals surface area contributed by atoms with E-state index in [2.05, 4.69) is 22.5 Å². The van der Waals surface area contributed by atoms with Crippen molar-refractivity contribution in [1.29, 1.82) is 0 Å². The predicted molar refractivity (Wildman–Crippen MR) is 80.4 cm³/mol. The van der Waals surface area contributed by atoms with Crippen molar-refractivity contribution >= 4 is 0 Å². The van der Waals surface area contributed by atoms with E-state index in [1.54, 1.807) is 0 Å². The van der Waals surface area contributed by atoms with Crippen LogP contribution in [0.1, 0.15) is 31.4 Å². The van der Waals surface area contributed by atoms with Gasteiger partial charge in [0.15, 0.2) is 0 Å². The molecule has 2 rings (SSSR count). The summed E-state index contributed by atoms with van der Waals surface area (Å²) >= 11 is 0. The third kappa shape index (κ3) is 4.47. The van der Waals surface area contributed by atoms with E-state index in [0.29, 0.717) is 6.54 Å². The summed E-state index contributed by atoms with van der Waals surface area (Å²) < 4.78 is 1.93. The Labute approximate surface area is 120 Å². The van der Waals surface area contributed by atoms with Gasteiger partial charge in [-0.25, -0.2) is 0 Å². The Hall–Kier alpha value is -1.65. The second-order valence-corrected chi connectivity index (χ2v) is 5.49. The second-order valence-electron chi connectivity index (χ2n) is 5.49. The van der Waals surface area contributed by atoms with Gasteiger partial charge in [0, 0.05) is 24.8 Å². The third-order valence-electron chi connectivity index (χ3n) is 3.47. The largest absolute Gasteiger partial charge is 0.389 e. The number of aliphatic hydroxyl groups is 1. The van der Waals surface area contributed by atoms with Crippen molar-refractivity contribution < 1.29 is 5.11 Å². The van der Waals surface area contributed by atoms with Gasteiger partial charge in [-0.05, 0) is 18.9 Å². The summed E-state index contributed by atoms with van der Waals surface area (Å²) in [6.45, 7) is 5.93. The van der Waals surface area contributed by atoms with E-state index in [0.717, 1.165) is 25.1 Å². The van der Waals surface area contributed by atoms with Crippen LogP contribution in [-0.2, 0) is 13.1 Å². The highest BCUT2D eigenvalue weighted by molar-refractivity contribution is 5.15. The molecule has 1 atom stereocenters. The lowest BCUT2D eigenvalue weighted by atomic mass is 10.0. The molecule has 0 bridgehead atoms. The average Bonchev–Trinajstić information content (AvgIpc) is 2.87. The molecule has 0 spiro atoms. The molecule has 0 radical (unpaired) electrons. The van der Waals surface area contributed by atoms with Gasteiger partial charge < -0.3 is 10.4 Å². The average molecular weight is 273 g/mol. The zero-order valence-corrected chi connectivity index (χ0v) is 12.2. The molecule has 0 amide bonds. The molecular weight excluding hydrogens is 250 g/mol. The Morgan fingerprint density at radius 1 is 1.25 bits per heavy atom. The molecule has 1 aromatic heterocycles. The van der Waals surface area contributed by atoms with Crippen molar-refractivity contribution in [3.05, 3.63) is 53.9 Å². The number of benzene rings is 1. The van der Waals surface area contributed by atoms with Gasteiger partial charge in [-0.3, -0.25) is 4.68 Å². The lowest BCUT2D eigenvalue weighted by Gasteiger charge is -2.21. The maximum absolute atomic E-state index is 9.92. The lowest BCUT2D eigenvalue weighted by molar-refractivity contribution is 0.0555. The Kier molecular flexibility index (Phi) is 4.93. The maximum atomic E-state index is 9.92. The number of hydrogen-bond acceptors (Lipinski definition) is 3. The van der Waals surface area contributed by atoms with Gasteiger partial charge in [-0.1, -0.05) is 37.3 Å². The Morgan fingerprint density at radius 3 is 2.70 bits per heavy atom. The van der Waals surface area contributed by atoms with Gasteiger partial charge in [0.05, 0.1) is 18.3 Å². The van der Waals surface area contributed by atoms with Gasteiger partial charge in [-0.15, -0.1) is 0 Å². The second kappa shape index (κ2) is 6.68. The zero-order chi connectivity index (χ0) is 14.4. The van der Waals surface area contributed by atoms with Crippen LogP contribution < -0.4 is 5.32 Å². The van der Waals surface area contributed by atoms with E-state index in [1.807, 2.05) is 49.1 Å². The standard InChI is InChI=1S/C16H23N3O/c1-3-16(2,20)13-17-9-15-10-18-19(12-15)11-14-7-5-4-6-8-14/h4-8,10,12,17,20H,3,9,11,13H2,1-2H3/t16-/m0/s1. The first-order valence-electron chi connectivity index (χ1n) is 7.07. The van der Waals surface area contributed by atoms with Crippen LogP contribution >= 0.6 is 0 Å². The molecule has 0 saturated carbocycles. The van der Waals surface area contributed by atoms with Crippen LogP contribution in [0, 0.1) is 0 Å². The minimum Gasteiger partial charge on any atom is -0.389 e. The van der Waals surface area contributed by atoms with Crippen molar-refractivity contribution in [1.82, 2.24) is 15.1 Å². The van der Waals surface area contributed by atoms with Crippen molar-refractivity contribution in [3.63, 3.8) is 0 Å². The van der Waals surface area contributed by atoms with Gasteiger partial charge in [0.2, 0.25) is 0 Å². The molecule has 1 heterocycles. The van der Waals surface area contributed by atoms with Gasteiger partial charge in [0.1, 0.15) is 0 Å². The smallest absolute Gasteiger partial charge is 0.0741 e. The molecule has 0 aliphatic carbocycles. The van der Waals surface area contributed by atoms with Crippen molar-refractivity contribution in [2.75, 3.05) is 6.54 Å². The lowest BCUT2D eigenvalue weighted by Crippen LogP contribution is -2.36. The van der Waals surface area contributed by atoms with Crippen LogP contribution in [0.3, 0.4) is 0 Å². The summed E-state index contributed by atoms with van der Waals surface area (Å²) in [5.74, 6) is 0. The summed E-state index contributed by atoms with van der Waals surface area (Å²) in [4.78, 5) is 0. The summed E-state index contributed by atoms with van der Waals surface area (Å²) in [5, 5.41) is 17.5. The number of aromatic nitrogens is 2. The van der Waals surface area contributed by atoms with Crippen LogP contribution in [0.15, 0.2) is 42.7 Å². The molecule has 1 aromatic carbocycles. The number of rotatable bonds is 7. The Balaban J connectivity index is 1.84. The minimum absolute atomic E-state index is 0.591. The van der Waals surface area contributed by atoms with Crippen molar-refractivity contribution in [3.8, 4) is 0 Å². The SMILES string of the molecule is CC[C@](C)(O)CNCc1cnn(Cc2ccccc2)c1. The highest BCUT2D eigenvalue weighted by atomic mass is 16.3. The fraction of sp³-hybridized carbons (Fsp3) is 0.438. The summed E-state index contributed by atoms with van der Waals surface area (Å²) in [6, 6.07) is 10.3. The highest BCUT2D eigenvalue weighted by Crippen LogP contribution is 2.07. The molecular formula is C16H23N3O. The third-order valence-corrected chi connectivity index (χ3v) is 3.47. The quantitative estimate of drug-likeness (QED) is 0.813. The Bertz CT molecular complexity index is 520. The monoisotopic (exact) mass is 273 g/mol. The van der Waals surface area contributed by atoms with Crippen LogP contribution in [0.4, 0.5) is 0 Å². The molecule has 108 valence electrons. The molecule has 2 N–H and O–H groups in total. The first-order valence-corrected chi connectivity index (χ1v) is 7.07. The van der Waals surface area contributed by atoms with Crippen LogP contribution in [0.25, 0.3) is 0 Å². The topological polar surface area (TPSA) is 50.1 Å². The zero-order valence-electron chi connectivity index (χ0n) is 12.2. The molecule has 4 nitrogen and oxygen atoms in total. The maximum Gasteiger partial charge on any atom is 0.0741 e. The molecule has 0 aliphatic heterocycles. The van der Waals surface area contributed by atoms with Crippen molar-refractivity contribution in [2.24, 2.45) is 0 Å². The molecule has 0 unspecified atom stereocenters. The van der Waals surface area contributed by atoms with E-state index in [1.165, 1.54) is 5.56 Å². The molecule has 0 aliphatic rings. The number of nitrogens with zero attached hydrogens (tertiary/aromatic N) is 2. The van der Waals surface area contributed by atoms with Crippen LogP contribution in [0.2, 0.25) is 0 Å². The van der Waals surface area contributed by atoms with Gasteiger partial charge in [-0.2, -0.15) is 5.10 Å². The summed E-state index contributed by atoms with van der Waals surface area (Å²) in [7, 11) is 0. The van der Waals surface area contributed by atoms with Crippen molar-refractivity contribution in [2.45, 2.75) is 39.0 Å². The minimum atomic E-state index is -0.639. The highest BCUT2D eigenvalue weighted by Gasteiger charge is 2.16. The molecule has 0 saturated heterocycles. The molecule has 2 aromatic rings. The van der Waals surface area contributed by atoms with Crippen LogP contribution in [-0.4, -0.2) is 27.0 Å². The normalized spacial score (nSPS) is 14.2. The van der Waals surface area contributed by atoms with E-state index in [9.17, 15) is 5.11 Å². The molecule has 20 heavy (non-hydrogen) atoms. The van der Waals surface area contributed by atoms with E-state index >= 15 is 0 Å². The predicted octanol–water partition coefficient (Wildman–Crippen LogP) is 2.18. The van der Waals surface area contributed by atoms with Gasteiger partial charge in [0.25, 0.3) is 0 Å². The fourth-order valence-electron chi connectivity index (χ4n) is 1.96. The van der Waals surface area contributed by atoms with E-state index in [4.69, 9.17) is 0 Å². The molecule has 0 fully saturated rings. The first-order chi connectivity index (χ1) is 9.59. The van der Waals surface area contributed by atoms with E-state index in [-0.39, 0.29) is 0 Å². The van der Waals surface area contributed by atoms with Crippen LogP contribution in [0.5, 0.6) is 0 Å². The number of hydrogen-bond donors (Lipinski definition) is 2. The molecule has 4 heteroatoms. The van der Waals surface area contributed by atoms with E-state index < -0.39 is 5.60 Å². The summed E-state index contributed by atoms with van der Waals surface area (Å²) in [6.07, 6.45) is 4.66. The summed E-state index contributed by atoms with van der Waals surface area (Å²) in [5.41, 5.74) is 1.73. The first kappa shape index (κ1) is 14.8. The number of nitrogens with one attached hydrogen (secondary N) is 1. The Morgan fingerprint density at radius 2 is 2.00 bits per heavy atom.